The minimum atomic E-state index is -4.80. The number of alkyl halides is 3. The van der Waals surface area contributed by atoms with Crippen molar-refractivity contribution in [3.63, 3.8) is 0 Å². The van der Waals surface area contributed by atoms with E-state index in [2.05, 4.69) is 15.0 Å². The third kappa shape index (κ3) is 4.05. The fraction of sp³-hybridized carbons (Fsp3) is 0.118. The molecule has 9 heteroatoms. The molecule has 0 atom stereocenters. The van der Waals surface area contributed by atoms with Crippen molar-refractivity contribution in [2.24, 2.45) is 0 Å². The molecule has 0 radical (unpaired) electrons. The van der Waals surface area contributed by atoms with E-state index in [1.807, 2.05) is 0 Å². The Morgan fingerprint density at radius 1 is 0.923 bits per heavy atom. The van der Waals surface area contributed by atoms with Gasteiger partial charge in [-0.05, 0) is 17.7 Å². The molecule has 2 aromatic heterocycles. The predicted molar refractivity (Wildman–Crippen MR) is 87.6 cm³/mol. The minimum absolute atomic E-state index is 0.238. The first-order valence-electron chi connectivity index (χ1n) is 7.39. The Morgan fingerprint density at radius 2 is 1.58 bits per heavy atom. The molecule has 0 saturated heterocycles. The highest BCUT2D eigenvalue weighted by atomic mass is 32.2. The van der Waals surface area contributed by atoms with Crippen molar-refractivity contribution in [3.05, 3.63) is 72.2 Å². The van der Waals surface area contributed by atoms with E-state index in [9.17, 15) is 21.6 Å². The smallest absolute Gasteiger partial charge is 0.265 e. The first-order valence-corrected chi connectivity index (χ1v) is 9.04. The summed E-state index contributed by atoms with van der Waals surface area (Å²) in [5.74, 6) is -0.786. The van der Waals surface area contributed by atoms with E-state index >= 15 is 0 Å². The van der Waals surface area contributed by atoms with Crippen LogP contribution in [0.2, 0.25) is 0 Å². The quantitative estimate of drug-likeness (QED) is 0.649. The van der Waals surface area contributed by atoms with E-state index in [4.69, 9.17) is 0 Å². The number of hydrogen-bond donors (Lipinski definition) is 0. The van der Waals surface area contributed by atoms with Gasteiger partial charge in [-0.1, -0.05) is 30.3 Å². The molecule has 0 saturated carbocycles. The van der Waals surface area contributed by atoms with Crippen LogP contribution in [-0.4, -0.2) is 23.4 Å². The van der Waals surface area contributed by atoms with Crippen LogP contribution in [0.5, 0.6) is 0 Å². The first-order chi connectivity index (χ1) is 12.3. The Labute approximate surface area is 147 Å². The van der Waals surface area contributed by atoms with Gasteiger partial charge in [-0.3, -0.25) is 4.98 Å². The average molecular weight is 379 g/mol. The third-order valence-corrected chi connectivity index (χ3v) is 5.01. The van der Waals surface area contributed by atoms with Crippen LogP contribution in [0, 0.1) is 0 Å². The summed E-state index contributed by atoms with van der Waals surface area (Å²) in [5, 5.41) is -0.671. The second kappa shape index (κ2) is 6.83. The van der Waals surface area contributed by atoms with Crippen LogP contribution in [-0.2, 0) is 21.8 Å². The molecule has 0 aliphatic heterocycles. The number of sulfone groups is 1. The number of nitrogens with zero attached hydrogens (tertiary/aromatic N) is 3. The van der Waals surface area contributed by atoms with Crippen molar-refractivity contribution in [2.45, 2.75) is 17.0 Å². The van der Waals surface area contributed by atoms with Crippen molar-refractivity contribution in [2.75, 3.05) is 0 Å². The molecule has 1 aromatic carbocycles. The molecule has 2 heterocycles. The summed E-state index contributed by atoms with van der Waals surface area (Å²) in [5.41, 5.74) is -0.627. The molecule has 0 spiro atoms. The number of pyridine rings is 1. The minimum Gasteiger partial charge on any atom is -0.265 e. The predicted octanol–water partition coefficient (Wildman–Crippen LogP) is 3.53. The van der Waals surface area contributed by atoms with Crippen LogP contribution in [0.4, 0.5) is 13.2 Å². The first kappa shape index (κ1) is 18.0. The van der Waals surface area contributed by atoms with Crippen molar-refractivity contribution < 1.29 is 21.6 Å². The maximum atomic E-state index is 13.2. The standard InChI is InChI=1S/C17H12F3N3O2S/c18-17(19,20)14-10-15(23-16(22-14)13-6-8-21-9-7-13)26(24,25)11-12-4-2-1-3-5-12/h1-10H,11H2. The van der Waals surface area contributed by atoms with Crippen LogP contribution < -0.4 is 0 Å². The van der Waals surface area contributed by atoms with E-state index in [1.54, 1.807) is 30.3 Å². The zero-order chi connectivity index (χ0) is 18.8. The molecule has 26 heavy (non-hydrogen) atoms. The van der Waals surface area contributed by atoms with E-state index in [0.29, 0.717) is 11.6 Å². The van der Waals surface area contributed by atoms with Gasteiger partial charge in [-0.2, -0.15) is 13.2 Å². The molecule has 0 N–H and O–H groups in total. The highest BCUT2D eigenvalue weighted by Gasteiger charge is 2.35. The summed E-state index contributed by atoms with van der Waals surface area (Å²) in [6.07, 6.45) is -2.09. The zero-order valence-corrected chi connectivity index (χ0v) is 14.0. The molecule has 3 rings (SSSR count). The molecule has 134 valence electrons. The monoisotopic (exact) mass is 379 g/mol. The van der Waals surface area contributed by atoms with Crippen molar-refractivity contribution >= 4 is 9.84 Å². The van der Waals surface area contributed by atoms with Gasteiger partial charge in [-0.25, -0.2) is 18.4 Å². The fourth-order valence-corrected chi connectivity index (χ4v) is 3.52. The van der Waals surface area contributed by atoms with Gasteiger partial charge in [-0.15, -0.1) is 0 Å². The van der Waals surface area contributed by atoms with Crippen LogP contribution >= 0.6 is 0 Å². The Hall–Kier alpha value is -2.81. The molecule has 0 unspecified atom stereocenters. The van der Waals surface area contributed by atoms with Gasteiger partial charge in [0.25, 0.3) is 0 Å². The average Bonchev–Trinajstić information content (AvgIpc) is 2.62. The Bertz CT molecular complexity index is 1010. The molecule has 3 aromatic rings. The SMILES string of the molecule is O=S(=O)(Cc1ccccc1)c1cc(C(F)(F)F)nc(-c2ccncc2)n1. The van der Waals surface area contributed by atoms with E-state index in [0.717, 1.165) is 0 Å². The second-order valence-corrected chi connectivity index (χ2v) is 7.33. The molecule has 5 nitrogen and oxygen atoms in total. The van der Waals surface area contributed by atoms with Gasteiger partial charge in [0.2, 0.25) is 0 Å². The summed E-state index contributed by atoms with van der Waals surface area (Å²) in [6, 6.07) is 11.4. The Kier molecular flexibility index (Phi) is 4.73. The van der Waals surface area contributed by atoms with Crippen molar-refractivity contribution in [1.82, 2.24) is 15.0 Å². The van der Waals surface area contributed by atoms with Gasteiger partial charge in [0.1, 0.15) is 5.69 Å². The maximum Gasteiger partial charge on any atom is 0.433 e. The highest BCUT2D eigenvalue weighted by Crippen LogP contribution is 2.31. The summed E-state index contributed by atoms with van der Waals surface area (Å²) in [6.45, 7) is 0. The van der Waals surface area contributed by atoms with Gasteiger partial charge in [0.05, 0.1) is 5.75 Å². The summed E-state index contributed by atoms with van der Waals surface area (Å²) in [4.78, 5) is 11.1. The highest BCUT2D eigenvalue weighted by molar-refractivity contribution is 7.90. The van der Waals surface area contributed by atoms with Crippen LogP contribution in [0.3, 0.4) is 0 Å². The van der Waals surface area contributed by atoms with Crippen molar-refractivity contribution in [1.29, 1.82) is 0 Å². The molecule has 0 bridgehead atoms. The van der Waals surface area contributed by atoms with Gasteiger partial charge in [0.15, 0.2) is 20.7 Å². The molecule has 0 aliphatic carbocycles. The van der Waals surface area contributed by atoms with E-state index in [1.165, 1.54) is 24.5 Å². The van der Waals surface area contributed by atoms with Gasteiger partial charge >= 0.3 is 6.18 Å². The zero-order valence-electron chi connectivity index (χ0n) is 13.2. The second-order valence-electron chi connectivity index (χ2n) is 5.39. The van der Waals surface area contributed by atoms with E-state index in [-0.39, 0.29) is 11.4 Å². The summed E-state index contributed by atoms with van der Waals surface area (Å²) >= 11 is 0. The van der Waals surface area contributed by atoms with Crippen molar-refractivity contribution in [3.8, 4) is 11.4 Å². The lowest BCUT2D eigenvalue weighted by Gasteiger charge is -2.11. The van der Waals surface area contributed by atoms with Crippen LogP contribution in [0.1, 0.15) is 11.3 Å². The third-order valence-electron chi connectivity index (χ3n) is 3.45. The lowest BCUT2D eigenvalue weighted by molar-refractivity contribution is -0.141. The lowest BCUT2D eigenvalue weighted by atomic mass is 10.2. The number of hydrogen-bond acceptors (Lipinski definition) is 5. The number of halogens is 3. The molecule has 0 fully saturated rings. The fourth-order valence-electron chi connectivity index (χ4n) is 2.23. The Balaban J connectivity index is 2.11. The van der Waals surface area contributed by atoms with E-state index < -0.39 is 32.5 Å². The van der Waals surface area contributed by atoms with Crippen LogP contribution in [0.25, 0.3) is 11.4 Å². The normalized spacial score (nSPS) is 12.1. The summed E-state index contributed by atoms with van der Waals surface area (Å²) in [7, 11) is -4.09. The topological polar surface area (TPSA) is 72.8 Å². The number of benzene rings is 1. The largest absolute Gasteiger partial charge is 0.433 e. The Morgan fingerprint density at radius 3 is 2.19 bits per heavy atom. The van der Waals surface area contributed by atoms with Gasteiger partial charge in [0, 0.05) is 24.0 Å². The molecular weight excluding hydrogens is 367 g/mol. The van der Waals surface area contributed by atoms with Crippen LogP contribution in [0.15, 0.2) is 66.0 Å². The molecule has 0 aliphatic rings. The maximum absolute atomic E-state index is 13.2. The number of rotatable bonds is 4. The summed E-state index contributed by atoms with van der Waals surface area (Å²) < 4.78 is 64.7. The number of aromatic nitrogens is 3. The van der Waals surface area contributed by atoms with Gasteiger partial charge < -0.3 is 0 Å². The molecular formula is C17H12F3N3O2S. The lowest BCUT2D eigenvalue weighted by Crippen LogP contribution is -2.14. The molecule has 0 amide bonds.